The summed E-state index contributed by atoms with van der Waals surface area (Å²) in [6, 6.07) is 26.1. The number of para-hydroxylation sites is 3. The molecular weight excluding hydrogens is 420 g/mol. The van der Waals surface area contributed by atoms with Crippen LogP contribution in [0.1, 0.15) is 0 Å². The van der Waals surface area contributed by atoms with Crippen molar-refractivity contribution in [2.24, 2.45) is 0 Å². The molecule has 1 fully saturated rings. The van der Waals surface area contributed by atoms with Gasteiger partial charge in [-0.15, -0.1) is 0 Å². The maximum Gasteiger partial charge on any atom is 0.234 e. The normalized spacial score (nSPS) is 13.9. The second kappa shape index (κ2) is 9.46. The Bertz CT molecular complexity index is 1200. The Balaban J connectivity index is 1.27. The summed E-state index contributed by atoms with van der Waals surface area (Å²) in [7, 11) is 0. The molecule has 32 heavy (non-hydrogen) atoms. The zero-order chi connectivity index (χ0) is 21.8. The Hall–Kier alpha value is -3.29. The standard InChI is InChI=1S/C25H24N4O2S/c30-24(26-19-10-12-20(13-11-19)28-14-16-31-17-15-28)18-32-25-27-22-8-4-5-9-23(22)29(25)21-6-2-1-3-7-21/h1-13H,14-18H2,(H,26,30). The predicted octanol–water partition coefficient (Wildman–Crippen LogP) is 4.59. The van der Waals surface area contributed by atoms with Crippen LogP contribution in [0.4, 0.5) is 11.4 Å². The van der Waals surface area contributed by atoms with Crippen molar-refractivity contribution in [1.82, 2.24) is 9.55 Å². The monoisotopic (exact) mass is 444 g/mol. The van der Waals surface area contributed by atoms with Gasteiger partial charge in [0.2, 0.25) is 5.91 Å². The van der Waals surface area contributed by atoms with Gasteiger partial charge in [0.25, 0.3) is 0 Å². The molecule has 1 N–H and O–H groups in total. The van der Waals surface area contributed by atoms with E-state index in [-0.39, 0.29) is 11.7 Å². The number of morpholine rings is 1. The summed E-state index contributed by atoms with van der Waals surface area (Å²) in [5.41, 5.74) is 4.92. The third kappa shape index (κ3) is 4.49. The molecule has 1 saturated heterocycles. The molecule has 2 heterocycles. The molecule has 1 aromatic heterocycles. The molecule has 6 nitrogen and oxygen atoms in total. The van der Waals surface area contributed by atoms with Gasteiger partial charge in [0, 0.05) is 30.2 Å². The molecule has 0 bridgehead atoms. The van der Waals surface area contributed by atoms with E-state index in [2.05, 4.69) is 20.9 Å². The molecule has 1 aliphatic rings. The summed E-state index contributed by atoms with van der Waals surface area (Å²) in [5.74, 6) is 0.224. The number of nitrogens with one attached hydrogen (secondary N) is 1. The number of rotatable bonds is 6. The molecule has 0 atom stereocenters. The minimum absolute atomic E-state index is 0.0548. The number of thioether (sulfide) groups is 1. The first-order valence-corrected chi connectivity index (χ1v) is 11.6. The first kappa shape index (κ1) is 20.6. The van der Waals surface area contributed by atoms with Crippen molar-refractivity contribution in [2.75, 3.05) is 42.3 Å². The maximum atomic E-state index is 12.6. The minimum Gasteiger partial charge on any atom is -0.378 e. The van der Waals surface area contributed by atoms with Crippen molar-refractivity contribution in [2.45, 2.75) is 5.16 Å². The second-order valence-electron chi connectivity index (χ2n) is 7.54. The highest BCUT2D eigenvalue weighted by Gasteiger charge is 2.15. The number of carbonyl (C=O) groups is 1. The minimum atomic E-state index is -0.0548. The quantitative estimate of drug-likeness (QED) is 0.441. The van der Waals surface area contributed by atoms with Gasteiger partial charge in [0.15, 0.2) is 5.16 Å². The van der Waals surface area contributed by atoms with Crippen molar-refractivity contribution < 1.29 is 9.53 Å². The predicted molar refractivity (Wildman–Crippen MR) is 130 cm³/mol. The molecule has 0 radical (unpaired) electrons. The van der Waals surface area contributed by atoms with Crippen LogP contribution < -0.4 is 10.2 Å². The molecule has 7 heteroatoms. The van der Waals surface area contributed by atoms with E-state index in [4.69, 9.17) is 9.72 Å². The lowest BCUT2D eigenvalue weighted by molar-refractivity contribution is -0.113. The van der Waals surface area contributed by atoms with Crippen LogP contribution >= 0.6 is 11.8 Å². The van der Waals surface area contributed by atoms with E-state index in [1.54, 1.807) is 0 Å². The third-order valence-corrected chi connectivity index (χ3v) is 6.34. The number of nitrogens with zero attached hydrogens (tertiary/aromatic N) is 3. The Morgan fingerprint density at radius 2 is 1.62 bits per heavy atom. The zero-order valence-corrected chi connectivity index (χ0v) is 18.4. The summed E-state index contributed by atoms with van der Waals surface area (Å²) in [6.07, 6.45) is 0. The molecule has 3 aromatic carbocycles. The molecule has 1 aliphatic heterocycles. The third-order valence-electron chi connectivity index (χ3n) is 5.40. The summed E-state index contributed by atoms with van der Waals surface area (Å²) >= 11 is 1.44. The van der Waals surface area contributed by atoms with Gasteiger partial charge >= 0.3 is 0 Å². The lowest BCUT2D eigenvalue weighted by Gasteiger charge is -2.28. The molecular formula is C25H24N4O2S. The molecule has 1 amide bonds. The average Bonchev–Trinajstić information content (AvgIpc) is 3.23. The summed E-state index contributed by atoms with van der Waals surface area (Å²) in [6.45, 7) is 3.29. The highest BCUT2D eigenvalue weighted by atomic mass is 32.2. The van der Waals surface area contributed by atoms with E-state index in [1.807, 2.05) is 72.8 Å². The topological polar surface area (TPSA) is 59.4 Å². The van der Waals surface area contributed by atoms with Crippen LogP contribution in [0.15, 0.2) is 84.0 Å². The Labute approximate surface area is 191 Å². The van der Waals surface area contributed by atoms with Crippen LogP contribution in [-0.4, -0.2) is 47.5 Å². The van der Waals surface area contributed by atoms with Crippen LogP contribution in [0.3, 0.4) is 0 Å². The lowest BCUT2D eigenvalue weighted by atomic mass is 10.2. The Morgan fingerprint density at radius 3 is 2.41 bits per heavy atom. The molecule has 0 unspecified atom stereocenters. The Morgan fingerprint density at radius 1 is 0.906 bits per heavy atom. The number of imidazole rings is 1. The maximum absolute atomic E-state index is 12.6. The van der Waals surface area contributed by atoms with Crippen molar-refractivity contribution in [3.05, 3.63) is 78.9 Å². The summed E-state index contributed by atoms with van der Waals surface area (Å²) in [5, 5.41) is 3.80. The molecule has 162 valence electrons. The first-order chi connectivity index (χ1) is 15.8. The van der Waals surface area contributed by atoms with E-state index in [1.165, 1.54) is 11.8 Å². The molecule has 0 aliphatic carbocycles. The fraction of sp³-hybridized carbons (Fsp3) is 0.200. The number of hydrogen-bond acceptors (Lipinski definition) is 5. The van der Waals surface area contributed by atoms with Crippen LogP contribution in [0.2, 0.25) is 0 Å². The number of benzene rings is 3. The van der Waals surface area contributed by atoms with Gasteiger partial charge in [-0.05, 0) is 48.5 Å². The highest BCUT2D eigenvalue weighted by Crippen LogP contribution is 2.28. The fourth-order valence-electron chi connectivity index (χ4n) is 3.83. The average molecular weight is 445 g/mol. The van der Waals surface area contributed by atoms with E-state index >= 15 is 0 Å². The van der Waals surface area contributed by atoms with E-state index in [0.717, 1.165) is 59.6 Å². The molecule has 4 aromatic rings. The first-order valence-electron chi connectivity index (χ1n) is 10.7. The van der Waals surface area contributed by atoms with Gasteiger partial charge in [-0.1, -0.05) is 42.1 Å². The van der Waals surface area contributed by atoms with Gasteiger partial charge in [0.1, 0.15) is 0 Å². The number of hydrogen-bond donors (Lipinski definition) is 1. The van der Waals surface area contributed by atoms with Crippen LogP contribution in [0.5, 0.6) is 0 Å². The zero-order valence-electron chi connectivity index (χ0n) is 17.6. The summed E-state index contributed by atoms with van der Waals surface area (Å²) < 4.78 is 7.51. The van der Waals surface area contributed by atoms with Crippen molar-refractivity contribution in [3.63, 3.8) is 0 Å². The van der Waals surface area contributed by atoms with Crippen molar-refractivity contribution in [1.29, 1.82) is 0 Å². The van der Waals surface area contributed by atoms with Crippen LogP contribution in [0, 0.1) is 0 Å². The van der Waals surface area contributed by atoms with Gasteiger partial charge in [-0.2, -0.15) is 0 Å². The number of carbonyl (C=O) groups excluding carboxylic acids is 1. The molecule has 0 saturated carbocycles. The Kier molecular flexibility index (Phi) is 6.09. The second-order valence-corrected chi connectivity index (χ2v) is 8.48. The van der Waals surface area contributed by atoms with Gasteiger partial charge in [-0.25, -0.2) is 4.98 Å². The number of ether oxygens (including phenoxy) is 1. The largest absolute Gasteiger partial charge is 0.378 e. The van der Waals surface area contributed by atoms with E-state index in [0.29, 0.717) is 0 Å². The smallest absolute Gasteiger partial charge is 0.234 e. The number of aromatic nitrogens is 2. The van der Waals surface area contributed by atoms with E-state index in [9.17, 15) is 4.79 Å². The highest BCUT2D eigenvalue weighted by molar-refractivity contribution is 7.99. The van der Waals surface area contributed by atoms with Crippen LogP contribution in [-0.2, 0) is 9.53 Å². The van der Waals surface area contributed by atoms with Crippen molar-refractivity contribution in [3.8, 4) is 5.69 Å². The van der Waals surface area contributed by atoms with Gasteiger partial charge in [-0.3, -0.25) is 9.36 Å². The van der Waals surface area contributed by atoms with Gasteiger partial charge < -0.3 is 15.0 Å². The summed E-state index contributed by atoms with van der Waals surface area (Å²) in [4.78, 5) is 19.7. The SMILES string of the molecule is O=C(CSc1nc2ccccc2n1-c1ccccc1)Nc1ccc(N2CCOCC2)cc1. The van der Waals surface area contributed by atoms with E-state index < -0.39 is 0 Å². The number of amides is 1. The lowest BCUT2D eigenvalue weighted by Crippen LogP contribution is -2.36. The van der Waals surface area contributed by atoms with Gasteiger partial charge in [0.05, 0.1) is 30.0 Å². The number of anilines is 2. The molecule has 0 spiro atoms. The van der Waals surface area contributed by atoms with Crippen LogP contribution in [0.25, 0.3) is 16.7 Å². The van der Waals surface area contributed by atoms with Crippen molar-refractivity contribution >= 4 is 40.1 Å². The fourth-order valence-corrected chi connectivity index (χ4v) is 4.66. The molecule has 5 rings (SSSR count). The number of fused-ring (bicyclic) bond motifs is 1.